The molecule has 19 heteroatoms. The van der Waals surface area contributed by atoms with E-state index in [1.54, 1.807) is 51.4 Å². The van der Waals surface area contributed by atoms with E-state index in [0.29, 0.717) is 50.1 Å². The number of benzene rings is 4. The summed E-state index contributed by atoms with van der Waals surface area (Å²) in [7, 11) is 6.28. The molecule has 362 valence electrons. The molecule has 2 fully saturated rings. The van der Waals surface area contributed by atoms with Gasteiger partial charge in [-0.1, -0.05) is 54.1 Å². The normalized spacial score (nSPS) is 19.5. The van der Waals surface area contributed by atoms with Crippen LogP contribution in [-0.4, -0.2) is 64.4 Å². The molecule has 0 bridgehead atoms. The highest BCUT2D eigenvalue weighted by Crippen LogP contribution is 2.62. The molecule has 11 rings (SSSR count). The minimum Gasteiger partial charge on any atom is -0.508 e. The maximum atomic E-state index is 15.4. The number of methoxy groups -OCH3 is 2. The largest absolute Gasteiger partial charge is 0.508 e. The number of imide groups is 1. The van der Waals surface area contributed by atoms with Crippen molar-refractivity contribution in [1.29, 1.82) is 0 Å². The Labute approximate surface area is 413 Å². The molecule has 1 saturated heterocycles. The average molecular weight is 996 g/mol. The number of aryl methyl sites for hydroxylation is 4. The first-order valence-corrected chi connectivity index (χ1v) is 24.2. The highest BCUT2D eigenvalue weighted by Gasteiger charge is 2.66. The zero-order valence-electron chi connectivity index (χ0n) is 39.5. The van der Waals surface area contributed by atoms with Crippen LogP contribution in [0.5, 0.6) is 23.0 Å². The van der Waals surface area contributed by atoms with Crippen LogP contribution in [-0.2, 0) is 49.8 Å². The van der Waals surface area contributed by atoms with Gasteiger partial charge in [-0.2, -0.15) is 5.10 Å². The molecular weight excluding hydrogens is 948 g/mol. The van der Waals surface area contributed by atoms with E-state index in [2.05, 4.69) is 4.98 Å². The summed E-state index contributed by atoms with van der Waals surface area (Å²) in [6.07, 6.45) is 1.75. The predicted molar refractivity (Wildman–Crippen MR) is 268 cm³/mol. The lowest BCUT2D eigenvalue weighted by Crippen LogP contribution is -2.49. The molecule has 4 atom stereocenters. The second-order valence-electron chi connectivity index (χ2n) is 18.4. The number of aromatic nitrogens is 7. The Morgan fingerprint density at radius 2 is 1.68 bits per heavy atom. The maximum absolute atomic E-state index is 15.4. The molecule has 17 nitrogen and oxygen atoms in total. The van der Waals surface area contributed by atoms with E-state index >= 15 is 9.59 Å². The fourth-order valence-corrected chi connectivity index (χ4v) is 12.3. The van der Waals surface area contributed by atoms with Crippen molar-refractivity contribution in [1.82, 2.24) is 33.3 Å². The number of phenols is 1. The number of hydrogen-bond acceptors (Lipinski definition) is 12. The van der Waals surface area contributed by atoms with Crippen molar-refractivity contribution in [2.75, 3.05) is 19.1 Å². The number of halogens is 1. The van der Waals surface area contributed by atoms with E-state index in [1.807, 2.05) is 61.5 Å². The smallest absolute Gasteiger partial charge is 0.347 e. The Bertz CT molecular complexity index is 3770. The van der Waals surface area contributed by atoms with Crippen LogP contribution in [0.15, 0.2) is 111 Å². The number of ether oxygens (including phenoxy) is 3. The monoisotopic (exact) mass is 994 g/mol. The van der Waals surface area contributed by atoms with Gasteiger partial charge in [0.25, 0.3) is 5.56 Å². The van der Waals surface area contributed by atoms with Gasteiger partial charge in [0, 0.05) is 72.5 Å². The molecule has 71 heavy (non-hydrogen) atoms. The van der Waals surface area contributed by atoms with Gasteiger partial charge >= 0.3 is 11.4 Å². The molecule has 8 aromatic rings. The summed E-state index contributed by atoms with van der Waals surface area (Å²) in [5.41, 5.74) is 1.34. The van der Waals surface area contributed by atoms with Gasteiger partial charge in [0.15, 0.2) is 11.5 Å². The summed E-state index contributed by atoms with van der Waals surface area (Å²) >= 11 is 7.90. The van der Waals surface area contributed by atoms with Crippen molar-refractivity contribution >= 4 is 61.7 Å². The van der Waals surface area contributed by atoms with Crippen LogP contribution in [0, 0.1) is 18.3 Å². The summed E-state index contributed by atoms with van der Waals surface area (Å²) in [4.78, 5) is 80.0. The number of carbonyl (C=O) groups is 2. The van der Waals surface area contributed by atoms with Gasteiger partial charge in [0.1, 0.15) is 35.3 Å². The molecule has 1 N–H and O–H groups in total. The zero-order valence-corrected chi connectivity index (χ0v) is 41.1. The van der Waals surface area contributed by atoms with Crippen LogP contribution in [0.4, 0.5) is 5.82 Å². The molecule has 0 spiro atoms. The maximum Gasteiger partial charge on any atom is 0.347 e. The number of amides is 2. The van der Waals surface area contributed by atoms with Gasteiger partial charge in [-0.05, 0) is 66.6 Å². The third-order valence-corrected chi connectivity index (χ3v) is 16.1. The fourth-order valence-electron chi connectivity index (χ4n) is 11.0. The van der Waals surface area contributed by atoms with Crippen molar-refractivity contribution in [3.8, 4) is 33.6 Å². The number of rotatable bonds is 11. The molecule has 2 aliphatic heterocycles. The molecule has 1 aliphatic carbocycles. The van der Waals surface area contributed by atoms with Crippen LogP contribution in [0.3, 0.4) is 0 Å². The third kappa shape index (κ3) is 7.05. The number of allylic oxidation sites excluding steroid dienone is 2. The van der Waals surface area contributed by atoms with E-state index in [-0.39, 0.29) is 49.8 Å². The number of fused-ring (bicyclic) bond motifs is 6. The van der Waals surface area contributed by atoms with E-state index < -0.39 is 52.0 Å². The van der Waals surface area contributed by atoms with E-state index in [1.165, 1.54) is 55.1 Å². The van der Waals surface area contributed by atoms with E-state index in [9.17, 15) is 19.5 Å². The van der Waals surface area contributed by atoms with Crippen molar-refractivity contribution in [2.24, 2.45) is 25.4 Å². The van der Waals surface area contributed by atoms with Crippen molar-refractivity contribution in [3.63, 3.8) is 0 Å². The zero-order chi connectivity index (χ0) is 49.8. The highest BCUT2D eigenvalue weighted by atomic mass is 35.5. The summed E-state index contributed by atoms with van der Waals surface area (Å²) in [6.45, 7) is 3.75. The molecule has 4 aromatic heterocycles. The molecule has 4 aromatic carbocycles. The first-order valence-electron chi connectivity index (χ1n) is 23.0. The topological polar surface area (TPSA) is 187 Å². The Hall–Kier alpha value is -7.70. The fraction of sp³-hybridized carbons (Fsp3) is 0.288. The molecule has 3 aliphatic rings. The minimum atomic E-state index is -1.48. The van der Waals surface area contributed by atoms with Crippen LogP contribution in [0.25, 0.3) is 31.7 Å². The van der Waals surface area contributed by atoms with Gasteiger partial charge in [0.2, 0.25) is 11.8 Å². The second kappa shape index (κ2) is 17.0. The summed E-state index contributed by atoms with van der Waals surface area (Å²) < 4.78 is 24.7. The third-order valence-electron chi connectivity index (χ3n) is 14.6. The lowest BCUT2D eigenvalue weighted by Gasteiger charge is -2.47. The van der Waals surface area contributed by atoms with Crippen LogP contribution in [0.2, 0.25) is 5.02 Å². The quantitative estimate of drug-likeness (QED) is 0.103. The minimum absolute atomic E-state index is 0.0126. The van der Waals surface area contributed by atoms with Gasteiger partial charge in [-0.3, -0.25) is 19.1 Å². The average Bonchev–Trinajstić information content (AvgIpc) is 4.04. The molecule has 0 radical (unpaired) electrons. The SMILES string of the molecule is COc1cc2nc(CCn3c(=O)n4n(c3=O)[C@@H]3C[C@H]5C(=O)N(c6cc(-c7sc8ccc(Cl)cc8c7C)nn6C)C(=O)[C@@]5(C)[C@@H](c5ccc(OCc6ccccc6)cc5O)C3=CC4)c(=O)n(C)c2cc1OC. The second-order valence-corrected chi connectivity index (χ2v) is 19.9. The van der Waals surface area contributed by atoms with Crippen molar-refractivity contribution in [3.05, 3.63) is 155 Å². The van der Waals surface area contributed by atoms with Crippen molar-refractivity contribution in [2.45, 2.75) is 58.3 Å². The van der Waals surface area contributed by atoms with E-state index in [0.717, 1.165) is 30.7 Å². The lowest BCUT2D eigenvalue weighted by molar-refractivity contribution is -0.129. The Kier molecular flexibility index (Phi) is 11.0. The summed E-state index contributed by atoms with van der Waals surface area (Å²) in [5.74, 6) is -1.66. The lowest BCUT2D eigenvalue weighted by atomic mass is 9.56. The molecule has 6 heterocycles. The molecule has 2 amide bonds. The summed E-state index contributed by atoms with van der Waals surface area (Å²) in [6, 6.07) is 24.3. The first-order chi connectivity index (χ1) is 34.1. The Morgan fingerprint density at radius 1 is 0.915 bits per heavy atom. The number of hydrogen-bond donors (Lipinski definition) is 1. The van der Waals surface area contributed by atoms with Crippen LogP contribution < -0.4 is 36.0 Å². The molecular formula is C52H47ClN8O9S. The number of aromatic hydroxyl groups is 1. The number of anilines is 1. The predicted octanol–water partition coefficient (Wildman–Crippen LogP) is 7.04. The molecule has 1 saturated carbocycles. The van der Waals surface area contributed by atoms with Crippen LogP contribution >= 0.6 is 22.9 Å². The highest BCUT2D eigenvalue weighted by molar-refractivity contribution is 7.22. The van der Waals surface area contributed by atoms with Crippen molar-refractivity contribution < 1.29 is 28.9 Å². The number of carbonyl (C=O) groups excluding carboxylic acids is 2. The van der Waals surface area contributed by atoms with Gasteiger partial charge in [-0.25, -0.2) is 33.4 Å². The number of thiophene rings is 1. The first kappa shape index (κ1) is 45.7. The number of phenolic OH excluding ortho intramolecular Hbond substituents is 1. The number of nitrogens with zero attached hydrogens (tertiary/aromatic N) is 8. The molecule has 0 unspecified atom stereocenters. The van der Waals surface area contributed by atoms with Gasteiger partial charge in [0.05, 0.1) is 54.0 Å². The Morgan fingerprint density at radius 3 is 2.42 bits per heavy atom. The Balaban J connectivity index is 0.984. The van der Waals surface area contributed by atoms with Crippen LogP contribution in [0.1, 0.15) is 47.7 Å². The van der Waals surface area contributed by atoms with Gasteiger partial charge < -0.3 is 23.9 Å². The summed E-state index contributed by atoms with van der Waals surface area (Å²) in [5, 5.41) is 18.4. The van der Waals surface area contributed by atoms with E-state index in [4.69, 9.17) is 30.9 Å². The standard InChI is InChI=1S/C52H47ClN8O9S/c1-27-33-20-29(53)12-15-43(33)71-46(27)37-24-44(57(4)55-37)60-47(63)34-22-38-31(45(52(34,2)49(60)65)32-14-13-30(21-40(32)62)70-26-28-10-8-7-9-11-28)16-19-59-50(66)58(51(67)61(38)59)18-17-35-48(64)56(3)39-25-42(69-6)41(68-5)23-36(39)54-35/h7-16,20-21,23-25,34,38,45,62H,17-19,22,26H2,1-6H3/t34-,38+,45+,52+/m0/s1. The van der Waals surface area contributed by atoms with Gasteiger partial charge in [-0.15, -0.1) is 11.3 Å².